The lowest BCUT2D eigenvalue weighted by molar-refractivity contribution is 0.669. The second-order valence-electron chi connectivity index (χ2n) is 10.7. The summed E-state index contributed by atoms with van der Waals surface area (Å²) in [4.78, 5) is 0. The van der Waals surface area contributed by atoms with Crippen LogP contribution in [0.5, 0.6) is 0 Å². The Balaban J connectivity index is 1.40. The molecule has 8 aromatic carbocycles. The Morgan fingerprint density at radius 1 is 0.395 bits per heavy atom. The topological polar surface area (TPSA) is 13.1 Å². The summed E-state index contributed by atoms with van der Waals surface area (Å²) >= 11 is 0. The van der Waals surface area contributed by atoms with E-state index in [0.29, 0.717) is 22.3 Å². The van der Waals surface area contributed by atoms with E-state index in [1.165, 1.54) is 0 Å². The predicted octanol–water partition coefficient (Wildman–Crippen LogP) is 12.0. The van der Waals surface area contributed by atoms with Gasteiger partial charge in [0.15, 0.2) is 0 Å². The summed E-state index contributed by atoms with van der Waals surface area (Å²) < 4.78 is 62.4. The van der Waals surface area contributed by atoms with Gasteiger partial charge >= 0.3 is 0 Å². The number of para-hydroxylation sites is 1. The zero-order chi connectivity index (χ0) is 33.6. The molecule has 0 aliphatic heterocycles. The lowest BCUT2D eigenvalue weighted by Gasteiger charge is -2.18. The van der Waals surface area contributed by atoms with E-state index in [1.54, 1.807) is 12.1 Å². The molecule has 0 radical (unpaired) electrons. The van der Waals surface area contributed by atoms with E-state index in [-0.39, 0.29) is 58.2 Å². The molecule has 0 unspecified atom stereocenters. The first kappa shape index (κ1) is 18.7. The minimum Gasteiger partial charge on any atom is -0.456 e. The Bertz CT molecular complexity index is 2780. The van der Waals surface area contributed by atoms with Gasteiger partial charge in [-0.3, -0.25) is 0 Å². The molecular weight excluding hydrogens is 520 g/mol. The van der Waals surface area contributed by atoms with Gasteiger partial charge in [0.05, 0.1) is 8.22 Å². The van der Waals surface area contributed by atoms with Gasteiger partial charge < -0.3 is 4.42 Å². The summed E-state index contributed by atoms with van der Waals surface area (Å²) in [7, 11) is 0. The first-order valence-electron chi connectivity index (χ1n) is 17.3. The largest absolute Gasteiger partial charge is 0.456 e. The van der Waals surface area contributed by atoms with E-state index in [9.17, 15) is 8.22 Å². The number of rotatable bonds is 3. The van der Waals surface area contributed by atoms with Crippen molar-refractivity contribution in [3.8, 4) is 33.4 Å². The SMILES string of the molecule is [2H]c1c(-c2cccc3oc4ccccc4c23)c([2H])c2c([2H])c([2H])c(-c3c4ccccc4c(-c4ccccc4)c4ccccc34)c([2H])c2c1[2H]. The van der Waals surface area contributed by atoms with Crippen LogP contribution in [0.1, 0.15) is 8.22 Å². The molecule has 1 heteroatoms. The molecule has 0 aliphatic carbocycles. The fourth-order valence-electron chi connectivity index (χ4n) is 6.43. The predicted molar refractivity (Wildman–Crippen MR) is 183 cm³/mol. The van der Waals surface area contributed by atoms with Crippen molar-refractivity contribution >= 4 is 54.3 Å². The van der Waals surface area contributed by atoms with Gasteiger partial charge in [-0.25, -0.2) is 0 Å². The number of fused-ring (bicyclic) bond motifs is 6. The molecule has 0 N–H and O–H groups in total. The fraction of sp³-hybridized carbons (Fsp3) is 0. The summed E-state index contributed by atoms with van der Waals surface area (Å²) in [5.41, 5.74) is 4.90. The molecule has 0 aliphatic rings. The molecule has 9 aromatic rings. The summed E-state index contributed by atoms with van der Waals surface area (Å²) in [6.07, 6.45) is 0. The fourth-order valence-corrected chi connectivity index (χ4v) is 6.43. The van der Waals surface area contributed by atoms with Crippen LogP contribution in [0.2, 0.25) is 0 Å². The minimum absolute atomic E-state index is 0.0223. The molecule has 9 rings (SSSR count). The second kappa shape index (κ2) is 9.44. The van der Waals surface area contributed by atoms with Crippen LogP contribution in [0.3, 0.4) is 0 Å². The molecule has 1 aromatic heterocycles. The Hall–Kier alpha value is -5.66. The average molecular weight is 553 g/mol. The van der Waals surface area contributed by atoms with Gasteiger partial charge in [0, 0.05) is 10.8 Å². The molecule has 1 nitrogen and oxygen atoms in total. The van der Waals surface area contributed by atoms with Gasteiger partial charge in [0.25, 0.3) is 0 Å². The highest BCUT2D eigenvalue weighted by atomic mass is 16.3. The molecule has 200 valence electrons. The molecule has 43 heavy (non-hydrogen) atoms. The zero-order valence-electron chi connectivity index (χ0n) is 29.0. The summed E-state index contributed by atoms with van der Waals surface area (Å²) in [5, 5.41) is 5.11. The number of hydrogen-bond donors (Lipinski definition) is 0. The smallest absolute Gasteiger partial charge is 0.136 e. The maximum Gasteiger partial charge on any atom is 0.136 e. The minimum atomic E-state index is -0.250. The van der Waals surface area contributed by atoms with Crippen LogP contribution in [0, 0.1) is 0 Å². The van der Waals surface area contributed by atoms with Crippen LogP contribution >= 0.6 is 0 Å². The van der Waals surface area contributed by atoms with E-state index < -0.39 is 0 Å². The molecule has 1 heterocycles. The highest BCUT2D eigenvalue weighted by Gasteiger charge is 2.17. The van der Waals surface area contributed by atoms with Crippen molar-refractivity contribution in [2.24, 2.45) is 0 Å². The van der Waals surface area contributed by atoms with Gasteiger partial charge in [-0.2, -0.15) is 0 Å². The number of furan rings is 1. The van der Waals surface area contributed by atoms with Crippen LogP contribution in [0.15, 0.2) is 162 Å². The molecule has 0 saturated carbocycles. The Morgan fingerprint density at radius 2 is 0.907 bits per heavy atom. The van der Waals surface area contributed by atoms with Crippen LogP contribution in [0.25, 0.3) is 87.6 Å². The third kappa shape index (κ3) is 3.72. The molecule has 0 atom stereocenters. The Kier molecular flexibility index (Phi) is 4.11. The van der Waals surface area contributed by atoms with E-state index in [1.807, 2.05) is 97.1 Å². The van der Waals surface area contributed by atoms with E-state index >= 15 is 0 Å². The third-order valence-corrected chi connectivity index (χ3v) is 8.29. The van der Waals surface area contributed by atoms with Crippen molar-refractivity contribution in [2.75, 3.05) is 0 Å². The molecule has 0 bridgehead atoms. The molecule has 0 fully saturated rings. The molecule has 0 amide bonds. The highest BCUT2D eigenvalue weighted by Crippen LogP contribution is 2.44. The van der Waals surface area contributed by atoms with E-state index in [0.717, 1.165) is 43.4 Å². The zero-order valence-corrected chi connectivity index (χ0v) is 23.0. The Morgan fingerprint density at radius 3 is 1.58 bits per heavy atom. The maximum atomic E-state index is 9.60. The lowest BCUT2D eigenvalue weighted by atomic mass is 9.85. The van der Waals surface area contributed by atoms with Crippen LogP contribution in [0.4, 0.5) is 0 Å². The van der Waals surface area contributed by atoms with Gasteiger partial charge in [-0.05, 0) is 89.9 Å². The number of hydrogen-bond acceptors (Lipinski definition) is 1. The van der Waals surface area contributed by atoms with Crippen LogP contribution in [-0.2, 0) is 0 Å². The normalized spacial score (nSPS) is 13.7. The first-order chi connectivity index (χ1) is 23.9. The standard InChI is InChI=1S/C42H26O/c1-2-11-27(12-3-1)40-33-13-4-6-15-35(33)41(36-16-7-5-14-34(36)40)31-24-22-28-25-30(23-21-29(28)26-31)32-18-10-20-39-42(32)37-17-8-9-19-38(37)43-39/h1-26H/i21D,22D,23D,24D,25D,26D. The van der Waals surface area contributed by atoms with Gasteiger partial charge in [-0.15, -0.1) is 0 Å². The van der Waals surface area contributed by atoms with Crippen molar-refractivity contribution in [3.63, 3.8) is 0 Å². The van der Waals surface area contributed by atoms with E-state index in [2.05, 4.69) is 12.1 Å². The number of benzene rings is 8. The van der Waals surface area contributed by atoms with Gasteiger partial charge in [-0.1, -0.05) is 133 Å². The van der Waals surface area contributed by atoms with Crippen LogP contribution < -0.4 is 0 Å². The Labute approximate surface area is 257 Å². The van der Waals surface area contributed by atoms with Crippen molar-refractivity contribution in [1.82, 2.24) is 0 Å². The van der Waals surface area contributed by atoms with E-state index in [4.69, 9.17) is 4.42 Å². The molecule has 0 spiro atoms. The highest BCUT2D eigenvalue weighted by molar-refractivity contribution is 6.22. The monoisotopic (exact) mass is 552 g/mol. The van der Waals surface area contributed by atoms with Crippen molar-refractivity contribution in [2.45, 2.75) is 0 Å². The lowest BCUT2D eigenvalue weighted by Crippen LogP contribution is -1.90. The third-order valence-electron chi connectivity index (χ3n) is 8.29. The van der Waals surface area contributed by atoms with Crippen molar-refractivity contribution in [1.29, 1.82) is 0 Å². The molecule has 0 saturated heterocycles. The van der Waals surface area contributed by atoms with Crippen molar-refractivity contribution < 1.29 is 12.6 Å². The first-order valence-corrected chi connectivity index (χ1v) is 14.3. The summed E-state index contributed by atoms with van der Waals surface area (Å²) in [6, 6.07) is 37.8. The summed E-state index contributed by atoms with van der Waals surface area (Å²) in [5.74, 6) is 0. The van der Waals surface area contributed by atoms with Crippen LogP contribution in [-0.4, -0.2) is 0 Å². The maximum absolute atomic E-state index is 9.60. The second-order valence-corrected chi connectivity index (χ2v) is 10.7. The quantitative estimate of drug-likeness (QED) is 0.199. The van der Waals surface area contributed by atoms with Crippen molar-refractivity contribution in [3.05, 3.63) is 158 Å². The molecular formula is C42H26O. The average Bonchev–Trinajstić information content (AvgIpc) is 3.52. The van der Waals surface area contributed by atoms with Gasteiger partial charge in [0.2, 0.25) is 0 Å². The van der Waals surface area contributed by atoms with Gasteiger partial charge in [0.1, 0.15) is 11.2 Å². The summed E-state index contributed by atoms with van der Waals surface area (Å²) in [6.45, 7) is 0.